The lowest BCUT2D eigenvalue weighted by Crippen LogP contribution is -2.23. The maximum absolute atomic E-state index is 12.8. The quantitative estimate of drug-likeness (QED) is 0.297. The van der Waals surface area contributed by atoms with Crippen LogP contribution in [0.5, 0.6) is 5.75 Å². The highest BCUT2D eigenvalue weighted by Crippen LogP contribution is 2.32. The molecule has 0 aliphatic rings. The van der Waals surface area contributed by atoms with Crippen LogP contribution in [0.4, 0.5) is 14.5 Å². The fraction of sp³-hybridized carbons (Fsp3) is 0.136. The van der Waals surface area contributed by atoms with E-state index in [1.165, 1.54) is 30.2 Å². The zero-order chi connectivity index (χ0) is 21.8. The molecule has 0 fully saturated rings. The summed E-state index contributed by atoms with van der Waals surface area (Å²) in [5, 5.41) is 3.47. The smallest absolute Gasteiger partial charge is 0.387 e. The van der Waals surface area contributed by atoms with Gasteiger partial charge in [-0.3, -0.25) is 4.79 Å². The Labute approximate surface area is 180 Å². The minimum absolute atomic E-state index is 0.101. The molecule has 2 heterocycles. The third-order valence-corrected chi connectivity index (χ3v) is 5.43. The monoisotopic (exact) mass is 441 g/mol. The molecule has 2 aromatic carbocycles. The van der Waals surface area contributed by atoms with E-state index in [1.807, 2.05) is 24.3 Å². The first-order chi connectivity index (χ1) is 15.0. The summed E-state index contributed by atoms with van der Waals surface area (Å²) in [5.74, 6) is 0.450. The zero-order valence-corrected chi connectivity index (χ0v) is 17.1. The Kier molecular flexibility index (Phi) is 6.13. The van der Waals surface area contributed by atoms with E-state index < -0.39 is 11.9 Å². The second-order valence-corrected chi connectivity index (χ2v) is 7.80. The average molecular weight is 441 g/mol. The Bertz CT molecular complexity index is 1200. The normalized spacial score (nSPS) is 12.1. The summed E-state index contributed by atoms with van der Waals surface area (Å²) >= 11 is 1.24. The summed E-state index contributed by atoms with van der Waals surface area (Å²) in [7, 11) is 0. The van der Waals surface area contributed by atoms with Gasteiger partial charge >= 0.3 is 6.61 Å². The predicted octanol–water partition coefficient (Wildman–Crippen LogP) is 5.61. The minimum Gasteiger partial charge on any atom is -0.461 e. The highest BCUT2D eigenvalue weighted by Gasteiger charge is 2.20. The predicted molar refractivity (Wildman–Crippen MR) is 114 cm³/mol. The largest absolute Gasteiger partial charge is 0.461 e. The summed E-state index contributed by atoms with van der Waals surface area (Å²) in [4.78, 5) is 21.9. The van der Waals surface area contributed by atoms with Crippen molar-refractivity contribution in [1.82, 2.24) is 9.97 Å². The Morgan fingerprint density at radius 3 is 2.61 bits per heavy atom. The highest BCUT2D eigenvalue weighted by atomic mass is 32.2. The van der Waals surface area contributed by atoms with Gasteiger partial charge in [-0.25, -0.2) is 9.97 Å². The Balaban J connectivity index is 1.59. The third kappa shape index (κ3) is 4.83. The number of fused-ring (bicyclic) bond motifs is 1. The number of nitrogens with zero attached hydrogens (tertiary/aromatic N) is 2. The summed E-state index contributed by atoms with van der Waals surface area (Å²) < 4.78 is 35.1. The van der Waals surface area contributed by atoms with Crippen LogP contribution >= 0.6 is 11.8 Å². The number of hydrogen-bond acceptors (Lipinski definition) is 6. The second-order valence-electron chi connectivity index (χ2n) is 6.47. The molecule has 0 saturated carbocycles. The Morgan fingerprint density at radius 1 is 1.06 bits per heavy atom. The molecular formula is C22H17F2N3O3S. The van der Waals surface area contributed by atoms with Gasteiger partial charge in [0.25, 0.3) is 0 Å². The van der Waals surface area contributed by atoms with Crippen molar-refractivity contribution in [2.45, 2.75) is 23.8 Å². The number of nitrogens with one attached hydrogen (secondary N) is 1. The van der Waals surface area contributed by atoms with Crippen LogP contribution in [0.15, 0.2) is 76.4 Å². The van der Waals surface area contributed by atoms with Crippen molar-refractivity contribution in [3.63, 3.8) is 0 Å². The van der Waals surface area contributed by atoms with Crippen LogP contribution in [0.1, 0.15) is 6.92 Å². The van der Waals surface area contributed by atoms with Crippen LogP contribution in [0.3, 0.4) is 0 Å². The molecule has 1 amide bonds. The second kappa shape index (κ2) is 9.13. The molecule has 0 aliphatic carbocycles. The van der Waals surface area contributed by atoms with Crippen molar-refractivity contribution in [2.24, 2.45) is 0 Å². The van der Waals surface area contributed by atoms with Crippen LogP contribution in [-0.4, -0.2) is 27.7 Å². The van der Waals surface area contributed by atoms with Crippen molar-refractivity contribution < 1.29 is 22.7 Å². The summed E-state index contributed by atoms with van der Waals surface area (Å²) in [6.45, 7) is -1.28. The fourth-order valence-electron chi connectivity index (χ4n) is 2.88. The number of hydrogen-bond donors (Lipinski definition) is 1. The van der Waals surface area contributed by atoms with Crippen LogP contribution in [0, 0.1) is 0 Å². The molecule has 9 heteroatoms. The van der Waals surface area contributed by atoms with Crippen LogP contribution in [0.2, 0.25) is 0 Å². The van der Waals surface area contributed by atoms with Gasteiger partial charge in [0.1, 0.15) is 10.8 Å². The molecule has 158 valence electrons. The van der Waals surface area contributed by atoms with Crippen molar-refractivity contribution in [1.29, 1.82) is 0 Å². The number of ether oxygens (including phenoxy) is 1. The maximum Gasteiger partial charge on any atom is 0.387 e. The number of furan rings is 1. The van der Waals surface area contributed by atoms with Crippen molar-refractivity contribution in [2.75, 3.05) is 5.32 Å². The van der Waals surface area contributed by atoms with Gasteiger partial charge in [-0.15, -0.1) is 0 Å². The van der Waals surface area contributed by atoms with Crippen LogP contribution in [0.25, 0.3) is 22.5 Å². The van der Waals surface area contributed by atoms with Crippen LogP contribution < -0.4 is 10.1 Å². The van der Waals surface area contributed by atoms with Gasteiger partial charge < -0.3 is 14.5 Å². The molecule has 0 saturated heterocycles. The highest BCUT2D eigenvalue weighted by molar-refractivity contribution is 8.00. The summed E-state index contributed by atoms with van der Waals surface area (Å²) in [6, 6.07) is 17.0. The van der Waals surface area contributed by atoms with E-state index in [-0.39, 0.29) is 17.3 Å². The first-order valence-corrected chi connectivity index (χ1v) is 10.2. The van der Waals surface area contributed by atoms with E-state index in [1.54, 1.807) is 31.2 Å². The molecule has 4 rings (SSSR count). The zero-order valence-electron chi connectivity index (χ0n) is 16.3. The van der Waals surface area contributed by atoms with E-state index in [4.69, 9.17) is 4.42 Å². The van der Waals surface area contributed by atoms with E-state index in [0.29, 0.717) is 16.6 Å². The maximum atomic E-state index is 12.8. The minimum atomic E-state index is -2.99. The van der Waals surface area contributed by atoms with E-state index in [0.717, 1.165) is 10.9 Å². The number of rotatable bonds is 7. The standard InChI is InChI=1S/C22H17F2N3O3S/c1-13(20(28)26-16-9-4-5-10-17(16)30-22(23)24)31-21-14-7-2-3-8-15(14)25-19(27-21)18-11-6-12-29-18/h2-13,22H,1H3,(H,26,28). The number of halogens is 2. The van der Waals surface area contributed by atoms with Crippen molar-refractivity contribution in [3.8, 4) is 17.3 Å². The number of aromatic nitrogens is 2. The number of carbonyl (C=O) groups is 1. The molecule has 0 spiro atoms. The van der Waals surface area contributed by atoms with Gasteiger partial charge in [0.15, 0.2) is 11.6 Å². The van der Waals surface area contributed by atoms with Crippen molar-refractivity contribution >= 4 is 34.3 Å². The molecular weight excluding hydrogens is 424 g/mol. The van der Waals surface area contributed by atoms with E-state index in [2.05, 4.69) is 20.0 Å². The fourth-order valence-corrected chi connectivity index (χ4v) is 3.82. The first-order valence-electron chi connectivity index (χ1n) is 9.33. The number of carbonyl (C=O) groups excluding carboxylic acids is 1. The van der Waals surface area contributed by atoms with E-state index >= 15 is 0 Å². The Hall–Kier alpha value is -3.46. The number of para-hydroxylation sites is 3. The number of thioether (sulfide) groups is 1. The lowest BCUT2D eigenvalue weighted by atomic mass is 10.2. The molecule has 31 heavy (non-hydrogen) atoms. The molecule has 0 radical (unpaired) electrons. The topological polar surface area (TPSA) is 77.2 Å². The average Bonchev–Trinajstić information content (AvgIpc) is 3.29. The molecule has 0 aliphatic heterocycles. The lowest BCUT2D eigenvalue weighted by Gasteiger charge is -2.15. The summed E-state index contributed by atoms with van der Waals surface area (Å²) in [6.07, 6.45) is 1.54. The lowest BCUT2D eigenvalue weighted by molar-refractivity contribution is -0.115. The van der Waals surface area contributed by atoms with Gasteiger partial charge in [0.2, 0.25) is 5.91 Å². The third-order valence-electron chi connectivity index (χ3n) is 4.33. The first kappa shape index (κ1) is 20.8. The number of amides is 1. The summed E-state index contributed by atoms with van der Waals surface area (Å²) in [5.41, 5.74) is 0.888. The number of benzene rings is 2. The Morgan fingerprint density at radius 2 is 1.84 bits per heavy atom. The number of anilines is 1. The van der Waals surface area contributed by atoms with Crippen LogP contribution in [-0.2, 0) is 4.79 Å². The van der Waals surface area contributed by atoms with E-state index in [9.17, 15) is 13.6 Å². The molecule has 1 N–H and O–H groups in total. The molecule has 4 aromatic rings. The van der Waals surface area contributed by atoms with Gasteiger partial charge in [0, 0.05) is 5.39 Å². The van der Waals surface area contributed by atoms with Gasteiger partial charge in [-0.2, -0.15) is 8.78 Å². The molecule has 2 aromatic heterocycles. The van der Waals surface area contributed by atoms with Gasteiger partial charge in [0.05, 0.1) is 22.7 Å². The molecule has 1 unspecified atom stereocenters. The SMILES string of the molecule is CC(Sc1nc(-c2ccco2)nc2ccccc12)C(=O)Nc1ccccc1OC(F)F. The number of alkyl halides is 2. The van der Waals surface area contributed by atoms with Crippen molar-refractivity contribution in [3.05, 3.63) is 66.9 Å². The van der Waals surface area contributed by atoms with Gasteiger partial charge in [-0.05, 0) is 37.3 Å². The van der Waals surface area contributed by atoms with Gasteiger partial charge in [-0.1, -0.05) is 42.1 Å². The molecule has 6 nitrogen and oxygen atoms in total. The molecule has 0 bridgehead atoms. The molecule has 1 atom stereocenters.